The van der Waals surface area contributed by atoms with E-state index in [1.807, 2.05) is 78.9 Å². The van der Waals surface area contributed by atoms with Gasteiger partial charge in [-0.2, -0.15) is 0 Å². The Morgan fingerprint density at radius 1 is 0.830 bits per heavy atom. The molecule has 2 heterocycles. The first-order valence-corrected chi connectivity index (χ1v) is 16.3. The van der Waals surface area contributed by atoms with Crippen LogP contribution < -0.4 is 29.1 Å². The quantitative estimate of drug-likeness (QED) is 0.103. The smallest absolute Gasteiger partial charge is 0.343 e. The highest BCUT2D eigenvalue weighted by Gasteiger charge is 2.33. The van der Waals surface area contributed by atoms with Crippen LogP contribution in [0.4, 0.5) is 0 Å². The van der Waals surface area contributed by atoms with Gasteiger partial charge in [0.25, 0.3) is 5.56 Å². The number of allylic oxidation sites excluding steroid dienone is 1. The highest BCUT2D eigenvalue weighted by molar-refractivity contribution is 7.07. The topological polar surface area (TPSA) is 79.1 Å². The Kier molecular flexibility index (Phi) is 9.22. The third kappa shape index (κ3) is 7.13. The van der Waals surface area contributed by atoms with Gasteiger partial charge in [-0.05, 0) is 59.9 Å². The van der Waals surface area contributed by atoms with E-state index in [9.17, 15) is 9.59 Å². The van der Waals surface area contributed by atoms with E-state index in [-0.39, 0.29) is 11.0 Å². The monoisotopic (exact) mass is 644 g/mol. The Morgan fingerprint density at radius 2 is 1.47 bits per heavy atom. The maximum atomic E-state index is 14.1. The summed E-state index contributed by atoms with van der Waals surface area (Å²) in [5.74, 6) is 1.29. The second kappa shape index (κ2) is 13.6. The highest BCUT2D eigenvalue weighted by atomic mass is 32.1. The zero-order valence-electron chi connectivity index (χ0n) is 26.8. The third-order valence-electron chi connectivity index (χ3n) is 7.85. The Bertz CT molecular complexity index is 2090. The fraction of sp³-hybridized carbons (Fsp3) is 0.205. The molecule has 238 valence electrons. The second-order valence-electron chi connectivity index (χ2n) is 12.2. The molecule has 0 unspecified atom stereocenters. The molecule has 5 aromatic rings. The molecule has 1 aliphatic heterocycles. The molecule has 4 aromatic carbocycles. The van der Waals surface area contributed by atoms with Crippen LogP contribution in [0.2, 0.25) is 0 Å². The molecule has 0 saturated heterocycles. The van der Waals surface area contributed by atoms with Gasteiger partial charge in [0.2, 0.25) is 0 Å². The second-order valence-corrected chi connectivity index (χ2v) is 13.2. The molecule has 0 N–H and O–H groups in total. The van der Waals surface area contributed by atoms with E-state index in [0.29, 0.717) is 45.3 Å². The van der Waals surface area contributed by atoms with Crippen molar-refractivity contribution in [1.29, 1.82) is 0 Å². The van der Waals surface area contributed by atoms with Gasteiger partial charge in [-0.1, -0.05) is 111 Å². The average Bonchev–Trinajstić information content (AvgIpc) is 3.37. The number of benzene rings is 4. The molecule has 6 rings (SSSR count). The number of carbonyl (C=O) groups is 1. The van der Waals surface area contributed by atoms with Crippen LogP contribution in [0.25, 0.3) is 6.08 Å². The summed E-state index contributed by atoms with van der Waals surface area (Å²) in [5.41, 5.74) is 3.43. The number of carbonyl (C=O) groups excluding carboxylic acids is 1. The summed E-state index contributed by atoms with van der Waals surface area (Å²) in [6.07, 6.45) is 1.81. The molecule has 0 amide bonds. The molecule has 7 nitrogen and oxygen atoms in total. The van der Waals surface area contributed by atoms with Crippen LogP contribution in [0.1, 0.15) is 50.4 Å². The number of hydrogen-bond donors (Lipinski definition) is 0. The molecule has 0 saturated carbocycles. The summed E-state index contributed by atoms with van der Waals surface area (Å²) in [4.78, 5) is 32.9. The van der Waals surface area contributed by atoms with Crippen molar-refractivity contribution < 1.29 is 19.0 Å². The third-order valence-corrected chi connectivity index (χ3v) is 8.83. The zero-order chi connectivity index (χ0) is 33.0. The number of fused-ring (bicyclic) bond motifs is 1. The lowest BCUT2D eigenvalue weighted by molar-refractivity contribution is -0.130. The van der Waals surface area contributed by atoms with Crippen molar-refractivity contribution >= 4 is 23.4 Å². The van der Waals surface area contributed by atoms with Crippen LogP contribution in [-0.4, -0.2) is 23.8 Å². The predicted octanol–water partition coefficient (Wildman–Crippen LogP) is 6.60. The van der Waals surface area contributed by atoms with Crippen LogP contribution in [0, 0.1) is 0 Å². The van der Waals surface area contributed by atoms with Gasteiger partial charge in [0.05, 0.1) is 21.8 Å². The molecule has 47 heavy (non-hydrogen) atoms. The molecule has 0 bridgehead atoms. The summed E-state index contributed by atoms with van der Waals surface area (Å²) in [6.45, 7) is 9.01. The van der Waals surface area contributed by atoms with Gasteiger partial charge in [-0.3, -0.25) is 9.36 Å². The summed E-state index contributed by atoms with van der Waals surface area (Å²) in [6, 6.07) is 33.4. The largest absolute Gasteiger partial charge is 0.490 e. The number of aromatic nitrogens is 1. The fourth-order valence-corrected chi connectivity index (χ4v) is 6.46. The molecule has 8 heteroatoms. The SMILES string of the molecule is CC1=C(C(=O)Oc2ccccc2)[C@@H](c2ccccc2)n2c(s/c(=C/c3ccccc3OCCOc3ccc(C(C)(C)C)cc3)c2=O)=N1. The van der Waals surface area contributed by atoms with E-state index in [1.165, 1.54) is 16.9 Å². The summed E-state index contributed by atoms with van der Waals surface area (Å²) >= 11 is 1.28. The number of ether oxygens (including phenoxy) is 3. The van der Waals surface area contributed by atoms with Gasteiger partial charge in [0.1, 0.15) is 30.5 Å². The van der Waals surface area contributed by atoms with Crippen molar-refractivity contribution in [2.45, 2.75) is 39.2 Å². The van der Waals surface area contributed by atoms with Gasteiger partial charge in [0, 0.05) is 5.56 Å². The number of thiazole rings is 1. The van der Waals surface area contributed by atoms with Crippen molar-refractivity contribution in [2.75, 3.05) is 13.2 Å². The number of nitrogens with zero attached hydrogens (tertiary/aromatic N) is 2. The molecular formula is C39H36N2O5S. The normalized spacial score (nSPS) is 14.7. The van der Waals surface area contributed by atoms with E-state index in [2.05, 4.69) is 32.9 Å². The van der Waals surface area contributed by atoms with Crippen molar-refractivity contribution in [3.8, 4) is 17.2 Å². The first-order chi connectivity index (χ1) is 22.7. The first kappa shape index (κ1) is 31.8. The van der Waals surface area contributed by atoms with Crippen molar-refractivity contribution in [1.82, 2.24) is 4.57 Å². The fourth-order valence-electron chi connectivity index (χ4n) is 5.42. The van der Waals surface area contributed by atoms with Crippen molar-refractivity contribution in [3.63, 3.8) is 0 Å². The lowest BCUT2D eigenvalue weighted by Gasteiger charge is -2.24. The minimum absolute atomic E-state index is 0.0779. The number of hydrogen-bond acceptors (Lipinski definition) is 7. The van der Waals surface area contributed by atoms with Gasteiger partial charge in [0.15, 0.2) is 4.80 Å². The lowest BCUT2D eigenvalue weighted by Crippen LogP contribution is -2.40. The first-order valence-electron chi connectivity index (χ1n) is 15.5. The van der Waals surface area contributed by atoms with Gasteiger partial charge >= 0.3 is 5.97 Å². The summed E-state index contributed by atoms with van der Waals surface area (Å²) in [7, 11) is 0. The van der Waals surface area contributed by atoms with Crippen LogP contribution >= 0.6 is 11.3 Å². The Labute approximate surface area is 277 Å². The Morgan fingerprint density at radius 3 is 2.17 bits per heavy atom. The van der Waals surface area contributed by atoms with Crippen LogP contribution in [-0.2, 0) is 10.2 Å². The number of rotatable bonds is 9. The maximum Gasteiger partial charge on any atom is 0.343 e. The Hall–Kier alpha value is -5.21. The maximum absolute atomic E-state index is 14.1. The summed E-state index contributed by atoms with van der Waals surface area (Å²) < 4.78 is 19.8. The summed E-state index contributed by atoms with van der Waals surface area (Å²) in [5, 5.41) is 0. The van der Waals surface area contributed by atoms with Gasteiger partial charge in [-0.15, -0.1) is 0 Å². The standard InChI is InChI=1S/C39H36N2O5S/c1-26-34(37(43)46-31-16-9-6-10-17-31)35(27-13-7-5-8-14-27)41-36(42)33(47-38(41)40-26)25-28-15-11-12-18-32(28)45-24-23-44-30-21-19-29(20-22-30)39(2,3)4/h5-22,25,35H,23-24H2,1-4H3/b33-25+/t35-/m1/s1. The molecule has 0 aliphatic carbocycles. The molecule has 0 radical (unpaired) electrons. The molecule has 1 aliphatic rings. The van der Waals surface area contributed by atoms with E-state index in [0.717, 1.165) is 16.9 Å². The van der Waals surface area contributed by atoms with E-state index >= 15 is 0 Å². The molecule has 1 aromatic heterocycles. The minimum atomic E-state index is -0.702. The Balaban J connectivity index is 1.27. The van der Waals surface area contributed by atoms with E-state index in [1.54, 1.807) is 35.8 Å². The highest BCUT2D eigenvalue weighted by Crippen LogP contribution is 2.31. The lowest BCUT2D eigenvalue weighted by atomic mass is 9.87. The van der Waals surface area contributed by atoms with E-state index in [4.69, 9.17) is 19.2 Å². The molecule has 0 spiro atoms. The number of para-hydroxylation sites is 2. The van der Waals surface area contributed by atoms with Crippen LogP contribution in [0.15, 0.2) is 130 Å². The minimum Gasteiger partial charge on any atom is -0.490 e. The predicted molar refractivity (Wildman–Crippen MR) is 185 cm³/mol. The number of esters is 1. The van der Waals surface area contributed by atoms with Crippen molar-refractivity contribution in [3.05, 3.63) is 157 Å². The van der Waals surface area contributed by atoms with Crippen LogP contribution in [0.5, 0.6) is 17.2 Å². The van der Waals surface area contributed by atoms with E-state index < -0.39 is 12.0 Å². The van der Waals surface area contributed by atoms with Gasteiger partial charge < -0.3 is 14.2 Å². The van der Waals surface area contributed by atoms with Crippen LogP contribution in [0.3, 0.4) is 0 Å². The van der Waals surface area contributed by atoms with Crippen molar-refractivity contribution in [2.24, 2.45) is 4.99 Å². The molecular weight excluding hydrogens is 609 g/mol. The molecule has 0 fully saturated rings. The van der Waals surface area contributed by atoms with Gasteiger partial charge in [-0.25, -0.2) is 9.79 Å². The molecule has 1 atom stereocenters. The average molecular weight is 645 g/mol. The zero-order valence-corrected chi connectivity index (χ0v) is 27.6.